The summed E-state index contributed by atoms with van der Waals surface area (Å²) in [4.78, 5) is 17.7. The lowest BCUT2D eigenvalue weighted by atomic mass is 9.98. The van der Waals surface area contributed by atoms with E-state index in [9.17, 15) is 4.79 Å². The average Bonchev–Trinajstić information content (AvgIpc) is 3.28. The average molecular weight is 462 g/mol. The molecule has 4 rings (SSSR count). The van der Waals surface area contributed by atoms with Gasteiger partial charge in [0.25, 0.3) is 0 Å². The van der Waals surface area contributed by atoms with Crippen molar-refractivity contribution >= 4 is 11.8 Å². The summed E-state index contributed by atoms with van der Waals surface area (Å²) < 4.78 is 11.2. The molecule has 0 atom stereocenters. The summed E-state index contributed by atoms with van der Waals surface area (Å²) in [5.74, 6) is 1.62. The van der Waals surface area contributed by atoms with E-state index in [4.69, 9.17) is 9.26 Å². The Labute approximate surface area is 202 Å². The van der Waals surface area contributed by atoms with Crippen LogP contribution in [0.2, 0.25) is 0 Å². The van der Waals surface area contributed by atoms with Gasteiger partial charge in [-0.1, -0.05) is 72.7 Å². The fraction of sp³-hybridized carbons (Fsp3) is 0.429. The van der Waals surface area contributed by atoms with Crippen molar-refractivity contribution < 1.29 is 14.1 Å². The van der Waals surface area contributed by atoms with Gasteiger partial charge in [0.2, 0.25) is 11.8 Å². The Kier molecular flexibility index (Phi) is 8.36. The summed E-state index contributed by atoms with van der Waals surface area (Å²) in [5.41, 5.74) is 3.83. The van der Waals surface area contributed by atoms with Crippen LogP contribution < -0.4 is 4.90 Å². The summed E-state index contributed by atoms with van der Waals surface area (Å²) in [6.45, 7) is 5.88. The topological polar surface area (TPSA) is 58.8 Å². The fourth-order valence-electron chi connectivity index (χ4n) is 4.49. The fourth-order valence-corrected chi connectivity index (χ4v) is 4.49. The van der Waals surface area contributed by atoms with E-state index in [1.54, 1.807) is 7.11 Å². The Morgan fingerprint density at radius 1 is 1.09 bits per heavy atom. The van der Waals surface area contributed by atoms with Gasteiger partial charge in [-0.15, -0.1) is 0 Å². The lowest BCUT2D eigenvalue weighted by Gasteiger charge is -2.31. The molecule has 0 radical (unpaired) electrons. The molecule has 0 spiro atoms. The minimum Gasteiger partial charge on any atom is -0.385 e. The number of carbonyl (C=O) groups excluding carboxylic acids is 1. The maximum atomic E-state index is 13.4. The summed E-state index contributed by atoms with van der Waals surface area (Å²) in [5, 5.41) is 4.49. The first-order chi connectivity index (χ1) is 16.7. The van der Waals surface area contributed by atoms with E-state index < -0.39 is 0 Å². The Morgan fingerprint density at radius 2 is 1.76 bits per heavy atom. The van der Waals surface area contributed by atoms with E-state index >= 15 is 0 Å². The van der Waals surface area contributed by atoms with Crippen LogP contribution in [0.4, 0.5) is 5.88 Å². The number of hydrogen-bond donors (Lipinski definition) is 0. The van der Waals surface area contributed by atoms with Gasteiger partial charge in [-0.2, -0.15) is 0 Å². The summed E-state index contributed by atoms with van der Waals surface area (Å²) in [7, 11) is 1.69. The quantitative estimate of drug-likeness (QED) is 0.389. The maximum Gasteiger partial charge on any atom is 0.232 e. The Balaban J connectivity index is 1.64. The molecule has 34 heavy (non-hydrogen) atoms. The van der Waals surface area contributed by atoms with Crippen molar-refractivity contribution in [2.24, 2.45) is 5.92 Å². The second-order valence-electron chi connectivity index (χ2n) is 9.17. The van der Waals surface area contributed by atoms with Crippen LogP contribution in [0.1, 0.15) is 37.3 Å². The van der Waals surface area contributed by atoms with Crippen molar-refractivity contribution in [3.05, 3.63) is 71.8 Å². The summed E-state index contributed by atoms with van der Waals surface area (Å²) in [6.07, 6.45) is 3.41. The maximum absolute atomic E-state index is 13.4. The van der Waals surface area contributed by atoms with Gasteiger partial charge < -0.3 is 19.1 Å². The SMILES string of the molecule is COCCCN(Cc1c(-c2ccccc2)noc1N1CCC(C)CC1)C(=O)Cc1ccccc1. The number of ether oxygens (including phenoxy) is 1. The molecule has 1 saturated heterocycles. The van der Waals surface area contributed by atoms with Crippen LogP contribution >= 0.6 is 0 Å². The van der Waals surface area contributed by atoms with Crippen molar-refractivity contribution in [3.63, 3.8) is 0 Å². The summed E-state index contributed by atoms with van der Waals surface area (Å²) in [6, 6.07) is 20.0. The van der Waals surface area contributed by atoms with E-state index in [-0.39, 0.29) is 5.91 Å². The monoisotopic (exact) mass is 461 g/mol. The third-order valence-electron chi connectivity index (χ3n) is 6.56. The molecular weight excluding hydrogens is 426 g/mol. The Hall–Kier alpha value is -3.12. The van der Waals surface area contributed by atoms with Crippen molar-refractivity contribution in [2.75, 3.05) is 38.3 Å². The van der Waals surface area contributed by atoms with E-state index in [0.29, 0.717) is 32.0 Å². The second kappa shape index (κ2) is 11.8. The molecule has 0 aliphatic carbocycles. The zero-order valence-corrected chi connectivity index (χ0v) is 20.3. The van der Waals surface area contributed by atoms with Crippen LogP contribution in [-0.4, -0.2) is 49.3 Å². The van der Waals surface area contributed by atoms with Gasteiger partial charge in [-0.05, 0) is 30.7 Å². The van der Waals surface area contributed by atoms with Gasteiger partial charge in [0.15, 0.2) is 0 Å². The van der Waals surface area contributed by atoms with Crippen LogP contribution in [0.3, 0.4) is 0 Å². The molecule has 1 amide bonds. The smallest absolute Gasteiger partial charge is 0.232 e. The highest BCUT2D eigenvalue weighted by atomic mass is 16.5. The molecule has 6 heteroatoms. The molecule has 2 aromatic carbocycles. The third kappa shape index (κ3) is 6.06. The number of nitrogens with zero attached hydrogens (tertiary/aromatic N) is 3. The molecule has 3 aromatic rings. The van der Waals surface area contributed by atoms with Crippen LogP contribution in [0.25, 0.3) is 11.3 Å². The van der Waals surface area contributed by atoms with Gasteiger partial charge >= 0.3 is 0 Å². The van der Waals surface area contributed by atoms with Crippen LogP contribution in [0.15, 0.2) is 65.2 Å². The number of rotatable bonds is 10. The molecule has 0 unspecified atom stereocenters. The van der Waals surface area contributed by atoms with Crippen LogP contribution in [-0.2, 0) is 22.5 Å². The van der Waals surface area contributed by atoms with E-state index in [0.717, 1.165) is 60.6 Å². The molecule has 1 aliphatic rings. The van der Waals surface area contributed by atoms with Crippen molar-refractivity contribution in [3.8, 4) is 11.3 Å². The van der Waals surface area contributed by atoms with Crippen LogP contribution in [0, 0.1) is 5.92 Å². The molecule has 1 fully saturated rings. The van der Waals surface area contributed by atoms with Crippen LogP contribution in [0.5, 0.6) is 0 Å². The van der Waals surface area contributed by atoms with Gasteiger partial charge in [0.05, 0.1) is 18.5 Å². The van der Waals surface area contributed by atoms with Crippen molar-refractivity contribution in [2.45, 2.75) is 39.2 Å². The predicted molar refractivity (Wildman–Crippen MR) is 135 cm³/mol. The molecule has 0 saturated carbocycles. The molecule has 0 bridgehead atoms. The van der Waals surface area contributed by atoms with Gasteiger partial charge in [0.1, 0.15) is 5.69 Å². The first-order valence-corrected chi connectivity index (χ1v) is 12.2. The molecular formula is C28H35N3O3. The molecule has 1 aromatic heterocycles. The van der Waals surface area contributed by atoms with E-state index in [1.807, 2.05) is 65.6 Å². The Morgan fingerprint density at radius 3 is 2.44 bits per heavy atom. The lowest BCUT2D eigenvalue weighted by Crippen LogP contribution is -2.36. The minimum atomic E-state index is 0.0979. The zero-order chi connectivity index (χ0) is 23.8. The van der Waals surface area contributed by atoms with Crippen molar-refractivity contribution in [1.29, 1.82) is 0 Å². The van der Waals surface area contributed by atoms with Gasteiger partial charge in [0, 0.05) is 38.9 Å². The number of carbonyl (C=O) groups is 1. The first kappa shape index (κ1) is 24.0. The third-order valence-corrected chi connectivity index (χ3v) is 6.56. The van der Waals surface area contributed by atoms with E-state index in [1.165, 1.54) is 0 Å². The number of hydrogen-bond acceptors (Lipinski definition) is 5. The molecule has 180 valence electrons. The molecule has 6 nitrogen and oxygen atoms in total. The predicted octanol–water partition coefficient (Wildman–Crippen LogP) is 5.19. The number of anilines is 1. The number of benzene rings is 2. The standard InChI is InChI=1S/C28H35N3O3/c1-22-14-17-30(18-15-22)28-25(27(29-34-28)24-12-7-4-8-13-24)21-31(16-9-19-33-2)26(32)20-23-10-5-3-6-11-23/h3-8,10-13,22H,9,14-21H2,1-2H3. The summed E-state index contributed by atoms with van der Waals surface area (Å²) >= 11 is 0. The highest BCUT2D eigenvalue weighted by Crippen LogP contribution is 2.34. The normalized spacial score (nSPS) is 14.4. The number of amides is 1. The first-order valence-electron chi connectivity index (χ1n) is 12.2. The molecule has 2 heterocycles. The minimum absolute atomic E-state index is 0.0979. The van der Waals surface area contributed by atoms with Gasteiger partial charge in [-0.25, -0.2) is 0 Å². The largest absolute Gasteiger partial charge is 0.385 e. The highest BCUT2D eigenvalue weighted by Gasteiger charge is 2.28. The van der Waals surface area contributed by atoms with Crippen molar-refractivity contribution in [1.82, 2.24) is 10.1 Å². The number of methoxy groups -OCH3 is 1. The number of aromatic nitrogens is 1. The Bertz CT molecular complexity index is 1030. The lowest BCUT2D eigenvalue weighted by molar-refractivity contribution is -0.131. The second-order valence-corrected chi connectivity index (χ2v) is 9.17. The zero-order valence-electron chi connectivity index (χ0n) is 20.3. The van der Waals surface area contributed by atoms with Gasteiger partial charge in [-0.3, -0.25) is 4.79 Å². The van der Waals surface area contributed by atoms with E-state index in [2.05, 4.69) is 17.0 Å². The molecule has 0 N–H and O–H groups in total. The number of piperidine rings is 1. The molecule has 1 aliphatic heterocycles. The highest BCUT2D eigenvalue weighted by molar-refractivity contribution is 5.79.